The molecule has 3 rings (SSSR count). The molecule has 0 bridgehead atoms. The fraction of sp³-hybridized carbons (Fsp3) is 0.353. The van der Waals surface area contributed by atoms with Crippen LogP contribution in [-0.4, -0.2) is 33.9 Å². The first-order chi connectivity index (χ1) is 10.1. The van der Waals surface area contributed by atoms with E-state index in [9.17, 15) is 4.79 Å². The first kappa shape index (κ1) is 13.7. The molecule has 1 unspecified atom stereocenters. The molecule has 21 heavy (non-hydrogen) atoms. The first-order valence-electron chi connectivity index (χ1n) is 7.32. The molecule has 0 radical (unpaired) electrons. The summed E-state index contributed by atoms with van der Waals surface area (Å²) < 4.78 is 0. The van der Waals surface area contributed by atoms with Gasteiger partial charge in [-0.15, -0.1) is 0 Å². The van der Waals surface area contributed by atoms with E-state index in [4.69, 9.17) is 0 Å². The van der Waals surface area contributed by atoms with Crippen LogP contribution < -0.4 is 0 Å². The van der Waals surface area contributed by atoms with Gasteiger partial charge in [-0.1, -0.05) is 12.1 Å². The highest BCUT2D eigenvalue weighted by Gasteiger charge is 2.31. The number of aromatic nitrogens is 2. The van der Waals surface area contributed by atoms with Crippen molar-refractivity contribution < 1.29 is 4.79 Å². The van der Waals surface area contributed by atoms with Crippen LogP contribution in [0, 0.1) is 5.92 Å². The van der Waals surface area contributed by atoms with E-state index in [0.29, 0.717) is 17.7 Å². The Kier molecular flexibility index (Phi) is 3.69. The number of hydrogen-bond donors (Lipinski definition) is 0. The number of fused-ring (bicyclic) bond motifs is 1. The number of rotatable bonds is 4. The van der Waals surface area contributed by atoms with Crippen LogP contribution in [0.3, 0.4) is 0 Å². The van der Waals surface area contributed by atoms with Gasteiger partial charge in [-0.05, 0) is 43.9 Å². The van der Waals surface area contributed by atoms with Crippen LogP contribution in [0.1, 0.15) is 25.5 Å². The average molecular weight is 281 g/mol. The van der Waals surface area contributed by atoms with Crippen molar-refractivity contribution in [1.82, 2.24) is 14.9 Å². The molecule has 1 saturated carbocycles. The summed E-state index contributed by atoms with van der Waals surface area (Å²) in [4.78, 5) is 22.8. The van der Waals surface area contributed by atoms with Gasteiger partial charge in [0, 0.05) is 19.2 Å². The van der Waals surface area contributed by atoms with Gasteiger partial charge in [0.1, 0.15) is 0 Å². The van der Waals surface area contributed by atoms with E-state index in [1.807, 2.05) is 36.2 Å². The number of likely N-dealkylation sites (N-methyl/N-ethyl adjacent to an activating group) is 1. The van der Waals surface area contributed by atoms with E-state index in [0.717, 1.165) is 11.0 Å². The van der Waals surface area contributed by atoms with Crippen LogP contribution in [0.15, 0.2) is 36.5 Å². The zero-order valence-electron chi connectivity index (χ0n) is 12.4. The van der Waals surface area contributed by atoms with Gasteiger partial charge in [-0.25, -0.2) is 4.98 Å². The van der Waals surface area contributed by atoms with Gasteiger partial charge in [0.25, 0.3) is 0 Å². The van der Waals surface area contributed by atoms with Crippen molar-refractivity contribution in [2.45, 2.75) is 25.8 Å². The SMILES string of the molecule is CC(C1CC1)N(C)C(=O)/C=C/c1cnc2ccccc2n1. The predicted octanol–water partition coefficient (Wildman–Crippen LogP) is 2.90. The number of amides is 1. The molecule has 1 aliphatic rings. The van der Waals surface area contributed by atoms with E-state index in [1.165, 1.54) is 12.8 Å². The predicted molar refractivity (Wildman–Crippen MR) is 83.5 cm³/mol. The maximum Gasteiger partial charge on any atom is 0.246 e. The number of para-hydroxylation sites is 2. The fourth-order valence-corrected chi connectivity index (χ4v) is 2.42. The lowest BCUT2D eigenvalue weighted by Crippen LogP contribution is -2.35. The molecule has 0 saturated heterocycles. The summed E-state index contributed by atoms with van der Waals surface area (Å²) in [6.45, 7) is 2.11. The second-order valence-corrected chi connectivity index (χ2v) is 5.64. The molecule has 1 aliphatic carbocycles. The van der Waals surface area contributed by atoms with Gasteiger partial charge in [0.15, 0.2) is 0 Å². The number of benzene rings is 1. The normalized spacial score (nSPS) is 16.3. The molecule has 1 aromatic carbocycles. The number of nitrogens with zero attached hydrogens (tertiary/aromatic N) is 3. The van der Waals surface area contributed by atoms with E-state index >= 15 is 0 Å². The zero-order chi connectivity index (χ0) is 14.8. The van der Waals surface area contributed by atoms with Crippen molar-refractivity contribution in [2.75, 3.05) is 7.05 Å². The highest BCUT2D eigenvalue weighted by atomic mass is 16.2. The molecule has 1 amide bonds. The molecule has 0 spiro atoms. The maximum atomic E-state index is 12.1. The fourth-order valence-electron chi connectivity index (χ4n) is 2.42. The van der Waals surface area contributed by atoms with Crippen LogP contribution in [0.2, 0.25) is 0 Å². The summed E-state index contributed by atoms with van der Waals surface area (Å²) in [7, 11) is 1.86. The van der Waals surface area contributed by atoms with Crippen LogP contribution in [0.4, 0.5) is 0 Å². The lowest BCUT2D eigenvalue weighted by Gasteiger charge is -2.23. The van der Waals surface area contributed by atoms with Crippen molar-refractivity contribution in [3.63, 3.8) is 0 Å². The maximum absolute atomic E-state index is 12.1. The van der Waals surface area contributed by atoms with Gasteiger partial charge < -0.3 is 4.90 Å². The minimum atomic E-state index is 0.0179. The van der Waals surface area contributed by atoms with Crippen molar-refractivity contribution >= 4 is 23.0 Å². The topological polar surface area (TPSA) is 46.1 Å². The summed E-state index contributed by atoms with van der Waals surface area (Å²) in [5, 5.41) is 0. The molecule has 1 fully saturated rings. The average Bonchev–Trinajstić information content (AvgIpc) is 3.35. The molecule has 1 heterocycles. The number of carbonyl (C=O) groups is 1. The van der Waals surface area contributed by atoms with Crippen LogP contribution in [-0.2, 0) is 4.79 Å². The number of hydrogen-bond acceptors (Lipinski definition) is 3. The van der Waals surface area contributed by atoms with Crippen molar-refractivity contribution in [1.29, 1.82) is 0 Å². The van der Waals surface area contributed by atoms with Crippen molar-refractivity contribution in [3.05, 3.63) is 42.2 Å². The molecule has 4 nitrogen and oxygen atoms in total. The van der Waals surface area contributed by atoms with E-state index < -0.39 is 0 Å². The highest BCUT2D eigenvalue weighted by Crippen LogP contribution is 2.34. The number of carbonyl (C=O) groups excluding carboxylic acids is 1. The molecule has 1 aromatic heterocycles. The zero-order valence-corrected chi connectivity index (χ0v) is 12.4. The van der Waals surface area contributed by atoms with E-state index in [1.54, 1.807) is 18.3 Å². The van der Waals surface area contributed by atoms with Gasteiger partial charge in [-0.3, -0.25) is 9.78 Å². The smallest absolute Gasteiger partial charge is 0.246 e. The summed E-state index contributed by atoms with van der Waals surface area (Å²) in [6.07, 6.45) is 7.48. The Labute approximate surface area is 124 Å². The summed E-state index contributed by atoms with van der Waals surface area (Å²) in [6, 6.07) is 8.02. The first-order valence-corrected chi connectivity index (χ1v) is 7.32. The molecule has 0 N–H and O–H groups in total. The molecule has 4 heteroatoms. The Morgan fingerprint density at radius 2 is 2.05 bits per heavy atom. The molecular weight excluding hydrogens is 262 g/mol. The highest BCUT2D eigenvalue weighted by molar-refractivity contribution is 5.91. The van der Waals surface area contributed by atoms with Crippen molar-refractivity contribution in [3.8, 4) is 0 Å². The summed E-state index contributed by atoms with van der Waals surface area (Å²) in [5.41, 5.74) is 2.40. The molecule has 0 aliphatic heterocycles. The minimum absolute atomic E-state index is 0.0179. The summed E-state index contributed by atoms with van der Waals surface area (Å²) in [5.74, 6) is 0.692. The Morgan fingerprint density at radius 1 is 1.33 bits per heavy atom. The van der Waals surface area contributed by atoms with Crippen LogP contribution in [0.25, 0.3) is 17.1 Å². The van der Waals surface area contributed by atoms with Gasteiger partial charge >= 0.3 is 0 Å². The third-order valence-corrected chi connectivity index (χ3v) is 4.13. The van der Waals surface area contributed by atoms with Gasteiger partial charge in [0.2, 0.25) is 5.91 Å². The lowest BCUT2D eigenvalue weighted by atomic mass is 10.2. The van der Waals surface area contributed by atoms with E-state index in [2.05, 4.69) is 16.9 Å². The Bertz CT molecular complexity index is 691. The van der Waals surface area contributed by atoms with Crippen molar-refractivity contribution in [2.24, 2.45) is 5.92 Å². The standard InChI is InChI=1S/C17H19N3O/c1-12(13-7-8-13)20(2)17(21)10-9-14-11-18-15-5-3-4-6-16(15)19-14/h3-6,9-13H,7-8H2,1-2H3/b10-9+. The Balaban J connectivity index is 1.72. The largest absolute Gasteiger partial charge is 0.339 e. The summed E-state index contributed by atoms with van der Waals surface area (Å²) >= 11 is 0. The van der Waals surface area contributed by atoms with Crippen LogP contribution >= 0.6 is 0 Å². The van der Waals surface area contributed by atoms with Gasteiger partial charge in [0.05, 0.1) is 22.9 Å². The van der Waals surface area contributed by atoms with Gasteiger partial charge in [-0.2, -0.15) is 0 Å². The lowest BCUT2D eigenvalue weighted by molar-refractivity contribution is -0.126. The molecular formula is C17H19N3O. The quantitative estimate of drug-likeness (QED) is 0.809. The monoisotopic (exact) mass is 281 g/mol. The molecule has 2 aromatic rings. The second kappa shape index (κ2) is 5.64. The Morgan fingerprint density at radius 3 is 2.76 bits per heavy atom. The third kappa shape index (κ3) is 3.10. The molecule has 108 valence electrons. The minimum Gasteiger partial charge on any atom is -0.339 e. The second-order valence-electron chi connectivity index (χ2n) is 5.64. The van der Waals surface area contributed by atoms with E-state index in [-0.39, 0.29) is 5.91 Å². The van der Waals surface area contributed by atoms with Crippen LogP contribution in [0.5, 0.6) is 0 Å². The third-order valence-electron chi connectivity index (χ3n) is 4.13. The Hall–Kier alpha value is -2.23. The molecule has 1 atom stereocenters.